The van der Waals surface area contributed by atoms with Gasteiger partial charge in [0.2, 0.25) is 5.13 Å². The number of fused-ring (bicyclic) bond motifs is 1. The predicted molar refractivity (Wildman–Crippen MR) is 98.1 cm³/mol. The summed E-state index contributed by atoms with van der Waals surface area (Å²) in [6, 6.07) is 6.14. The maximum Gasteiger partial charge on any atom is 0.266 e. The summed E-state index contributed by atoms with van der Waals surface area (Å²) in [6.07, 6.45) is 4.13. The SMILES string of the molecule is CCSc1nnc(NC(=O)[C@H](C)Oc2ccc3c(c2)CCCC3)s1. The van der Waals surface area contributed by atoms with Crippen LogP contribution in [-0.4, -0.2) is 28.0 Å². The van der Waals surface area contributed by atoms with Crippen molar-refractivity contribution in [2.45, 2.75) is 50.0 Å². The number of thioether (sulfide) groups is 1. The number of rotatable bonds is 6. The molecule has 1 N–H and O–H groups in total. The topological polar surface area (TPSA) is 64.1 Å². The predicted octanol–water partition coefficient (Wildman–Crippen LogP) is 3.93. The molecule has 1 aliphatic rings. The summed E-state index contributed by atoms with van der Waals surface area (Å²) >= 11 is 2.99. The smallest absolute Gasteiger partial charge is 0.266 e. The summed E-state index contributed by atoms with van der Waals surface area (Å²) < 4.78 is 6.67. The summed E-state index contributed by atoms with van der Waals surface area (Å²) in [5.41, 5.74) is 2.75. The first-order valence-electron chi connectivity index (χ1n) is 8.21. The first-order valence-corrected chi connectivity index (χ1v) is 10.0. The quantitative estimate of drug-likeness (QED) is 0.622. The van der Waals surface area contributed by atoms with Gasteiger partial charge in [0.25, 0.3) is 5.91 Å². The van der Waals surface area contributed by atoms with Gasteiger partial charge in [0, 0.05) is 0 Å². The lowest BCUT2D eigenvalue weighted by Gasteiger charge is -2.18. The molecule has 0 aliphatic heterocycles. The monoisotopic (exact) mass is 363 g/mol. The van der Waals surface area contributed by atoms with Crippen LogP contribution < -0.4 is 10.1 Å². The van der Waals surface area contributed by atoms with Gasteiger partial charge in [0.15, 0.2) is 10.4 Å². The lowest BCUT2D eigenvalue weighted by molar-refractivity contribution is -0.122. The first kappa shape index (κ1) is 17.2. The molecule has 0 saturated heterocycles. The minimum atomic E-state index is -0.585. The fraction of sp³-hybridized carbons (Fsp3) is 0.471. The largest absolute Gasteiger partial charge is 0.481 e. The molecular formula is C17H21N3O2S2. The van der Waals surface area contributed by atoms with Crippen LogP contribution >= 0.6 is 23.1 Å². The van der Waals surface area contributed by atoms with Crippen molar-refractivity contribution in [1.82, 2.24) is 10.2 Å². The van der Waals surface area contributed by atoms with Gasteiger partial charge < -0.3 is 4.74 Å². The van der Waals surface area contributed by atoms with E-state index in [2.05, 4.69) is 34.6 Å². The van der Waals surface area contributed by atoms with E-state index in [0.717, 1.165) is 28.7 Å². The van der Waals surface area contributed by atoms with E-state index >= 15 is 0 Å². The Balaban J connectivity index is 1.59. The molecule has 0 unspecified atom stereocenters. The second-order valence-electron chi connectivity index (χ2n) is 5.69. The highest BCUT2D eigenvalue weighted by molar-refractivity contribution is 8.01. The molecule has 5 nitrogen and oxygen atoms in total. The highest BCUT2D eigenvalue weighted by atomic mass is 32.2. The number of hydrogen-bond donors (Lipinski definition) is 1. The molecule has 1 aliphatic carbocycles. The van der Waals surface area contributed by atoms with Crippen LogP contribution in [-0.2, 0) is 17.6 Å². The lowest BCUT2D eigenvalue weighted by Crippen LogP contribution is -2.30. The van der Waals surface area contributed by atoms with Crippen LogP contribution in [0.15, 0.2) is 22.5 Å². The number of anilines is 1. The van der Waals surface area contributed by atoms with Gasteiger partial charge >= 0.3 is 0 Å². The molecule has 1 heterocycles. The zero-order valence-corrected chi connectivity index (χ0v) is 15.5. The molecule has 128 valence electrons. The fourth-order valence-corrected chi connectivity index (χ4v) is 4.34. The Morgan fingerprint density at radius 2 is 2.12 bits per heavy atom. The molecule has 0 fully saturated rings. The van der Waals surface area contributed by atoms with Crippen molar-refractivity contribution in [2.24, 2.45) is 0 Å². The van der Waals surface area contributed by atoms with Crippen LogP contribution in [0.3, 0.4) is 0 Å². The van der Waals surface area contributed by atoms with Crippen molar-refractivity contribution >= 4 is 34.1 Å². The molecule has 1 amide bonds. The summed E-state index contributed by atoms with van der Waals surface area (Å²) in [6.45, 7) is 3.80. The molecule has 7 heteroatoms. The number of carbonyl (C=O) groups is 1. The highest BCUT2D eigenvalue weighted by Gasteiger charge is 2.18. The fourth-order valence-electron chi connectivity index (χ4n) is 2.69. The maximum absolute atomic E-state index is 12.3. The van der Waals surface area contributed by atoms with Gasteiger partial charge in [-0.05, 0) is 61.6 Å². The Labute approximate surface area is 150 Å². The van der Waals surface area contributed by atoms with Gasteiger partial charge in [0.1, 0.15) is 5.75 Å². The number of benzene rings is 1. The molecule has 3 rings (SSSR count). The summed E-state index contributed by atoms with van der Waals surface area (Å²) in [5, 5.41) is 11.3. The van der Waals surface area contributed by atoms with Crippen molar-refractivity contribution in [2.75, 3.05) is 11.1 Å². The van der Waals surface area contributed by atoms with Crippen LogP contribution in [0.2, 0.25) is 0 Å². The minimum Gasteiger partial charge on any atom is -0.481 e. The van der Waals surface area contributed by atoms with Crippen LogP contribution in [0.4, 0.5) is 5.13 Å². The average Bonchev–Trinajstić information content (AvgIpc) is 3.02. The number of carbonyl (C=O) groups excluding carboxylic acids is 1. The van der Waals surface area contributed by atoms with Crippen molar-refractivity contribution in [3.8, 4) is 5.75 Å². The number of nitrogens with zero attached hydrogens (tertiary/aromatic N) is 2. The van der Waals surface area contributed by atoms with E-state index in [1.54, 1.807) is 18.7 Å². The van der Waals surface area contributed by atoms with Crippen molar-refractivity contribution in [3.63, 3.8) is 0 Å². The molecule has 2 aromatic rings. The van der Waals surface area contributed by atoms with Crippen LogP contribution in [0.25, 0.3) is 0 Å². The molecule has 0 radical (unpaired) electrons. The number of ether oxygens (including phenoxy) is 1. The Bertz CT molecular complexity index is 718. The van der Waals surface area contributed by atoms with Crippen LogP contribution in [0.5, 0.6) is 5.75 Å². The molecule has 24 heavy (non-hydrogen) atoms. The maximum atomic E-state index is 12.3. The van der Waals surface area contributed by atoms with E-state index in [-0.39, 0.29) is 5.91 Å². The Morgan fingerprint density at radius 1 is 1.33 bits per heavy atom. The average molecular weight is 364 g/mol. The molecule has 0 spiro atoms. The second-order valence-corrected chi connectivity index (χ2v) is 8.18. The third kappa shape index (κ3) is 4.27. The molecule has 1 aromatic heterocycles. The van der Waals surface area contributed by atoms with Gasteiger partial charge in [-0.3, -0.25) is 10.1 Å². The summed E-state index contributed by atoms with van der Waals surface area (Å²) in [7, 11) is 0. The molecule has 1 atom stereocenters. The zero-order valence-electron chi connectivity index (χ0n) is 13.9. The summed E-state index contributed by atoms with van der Waals surface area (Å²) in [4.78, 5) is 12.3. The van der Waals surface area contributed by atoms with Crippen molar-refractivity contribution in [3.05, 3.63) is 29.3 Å². The Morgan fingerprint density at radius 3 is 2.92 bits per heavy atom. The van der Waals surface area contributed by atoms with E-state index in [1.165, 1.54) is 35.3 Å². The number of aryl methyl sites for hydroxylation is 2. The molecule has 0 bridgehead atoms. The number of amides is 1. The van der Waals surface area contributed by atoms with Gasteiger partial charge in [-0.1, -0.05) is 36.1 Å². The van der Waals surface area contributed by atoms with Gasteiger partial charge in [0.05, 0.1) is 0 Å². The standard InChI is InChI=1S/C17H21N3O2S2/c1-3-23-17-20-19-16(24-17)18-15(21)11(2)22-14-9-8-12-6-4-5-7-13(12)10-14/h8-11H,3-7H2,1-2H3,(H,18,19,21)/t11-/m0/s1. The van der Waals surface area contributed by atoms with E-state index in [0.29, 0.717) is 5.13 Å². The number of nitrogens with one attached hydrogen (secondary N) is 1. The van der Waals surface area contributed by atoms with E-state index < -0.39 is 6.10 Å². The number of hydrogen-bond acceptors (Lipinski definition) is 6. The van der Waals surface area contributed by atoms with Gasteiger partial charge in [-0.15, -0.1) is 10.2 Å². The molecule has 0 saturated carbocycles. The Kier molecular flexibility index (Phi) is 5.73. The zero-order chi connectivity index (χ0) is 16.9. The van der Waals surface area contributed by atoms with Gasteiger partial charge in [-0.25, -0.2) is 0 Å². The van der Waals surface area contributed by atoms with Gasteiger partial charge in [-0.2, -0.15) is 0 Å². The van der Waals surface area contributed by atoms with E-state index in [1.807, 2.05) is 6.07 Å². The van der Waals surface area contributed by atoms with Crippen LogP contribution in [0.1, 0.15) is 37.8 Å². The third-order valence-corrected chi connectivity index (χ3v) is 5.76. The number of aromatic nitrogens is 2. The normalized spacial score (nSPS) is 14.8. The third-order valence-electron chi connectivity index (χ3n) is 3.91. The Hall–Kier alpha value is -1.60. The second kappa shape index (κ2) is 7.98. The molecular weight excluding hydrogens is 342 g/mol. The van der Waals surface area contributed by atoms with E-state index in [9.17, 15) is 4.79 Å². The highest BCUT2D eigenvalue weighted by Crippen LogP contribution is 2.27. The minimum absolute atomic E-state index is 0.211. The van der Waals surface area contributed by atoms with Crippen molar-refractivity contribution < 1.29 is 9.53 Å². The van der Waals surface area contributed by atoms with Crippen LogP contribution in [0, 0.1) is 0 Å². The first-order chi connectivity index (χ1) is 11.7. The summed E-state index contributed by atoms with van der Waals surface area (Å²) in [5.74, 6) is 1.47. The van der Waals surface area contributed by atoms with E-state index in [4.69, 9.17) is 4.74 Å². The molecule has 1 aromatic carbocycles. The lowest BCUT2D eigenvalue weighted by atomic mass is 9.92. The van der Waals surface area contributed by atoms with Crippen molar-refractivity contribution in [1.29, 1.82) is 0 Å².